The summed E-state index contributed by atoms with van der Waals surface area (Å²) in [6.07, 6.45) is 0. The van der Waals surface area contributed by atoms with E-state index in [0.29, 0.717) is 23.1 Å². The van der Waals surface area contributed by atoms with Crippen LogP contribution in [0.3, 0.4) is 0 Å². The Morgan fingerprint density at radius 2 is 1.48 bits per heavy atom. The highest BCUT2D eigenvalue weighted by molar-refractivity contribution is 5.99. The second kappa shape index (κ2) is 9.12. The number of ether oxygens (including phenoxy) is 1. The lowest BCUT2D eigenvalue weighted by Crippen LogP contribution is -2.19. The van der Waals surface area contributed by atoms with Crippen LogP contribution < -0.4 is 15.4 Å². The fraction of sp³-hybridized carbons (Fsp3) is 0.200. The molecule has 4 rings (SSSR count). The molecule has 2 N–H and O–H groups in total. The number of benzene rings is 2. The minimum atomic E-state index is -0.311. The second-order valence-corrected chi connectivity index (χ2v) is 8.02. The number of nitrogens with zero attached hydrogens (tertiary/aromatic N) is 4. The number of carbonyl (C=O) groups excluding carboxylic acids is 1. The molecule has 0 saturated heterocycles. The van der Waals surface area contributed by atoms with E-state index in [1.54, 1.807) is 35.0 Å². The predicted octanol–water partition coefficient (Wildman–Crippen LogP) is 5.64. The first kappa shape index (κ1) is 22.0. The summed E-state index contributed by atoms with van der Waals surface area (Å²) >= 11 is 0. The Morgan fingerprint density at radius 3 is 2.06 bits per heavy atom. The van der Waals surface area contributed by atoms with Crippen molar-refractivity contribution in [1.82, 2.24) is 20.0 Å². The van der Waals surface area contributed by atoms with Crippen LogP contribution in [0.25, 0.3) is 5.82 Å². The topological polar surface area (TPSA) is 94.0 Å². The number of nitrogens with one attached hydrogen (secondary N) is 2. The van der Waals surface area contributed by atoms with Crippen molar-refractivity contribution in [3.8, 4) is 17.4 Å². The average molecular weight is 443 g/mol. The van der Waals surface area contributed by atoms with Crippen LogP contribution in [-0.2, 0) is 0 Å². The van der Waals surface area contributed by atoms with E-state index in [1.165, 1.54) is 0 Å². The molecule has 0 unspecified atom stereocenters. The van der Waals surface area contributed by atoms with E-state index in [-0.39, 0.29) is 6.03 Å². The average Bonchev–Trinajstić information content (AvgIpc) is 3.02. The highest BCUT2D eigenvalue weighted by atomic mass is 16.5. The van der Waals surface area contributed by atoms with Crippen molar-refractivity contribution in [2.45, 2.75) is 34.6 Å². The summed E-state index contributed by atoms with van der Waals surface area (Å²) in [5.41, 5.74) is 6.70. The lowest BCUT2D eigenvalue weighted by molar-refractivity contribution is 0.262. The number of urea groups is 1. The summed E-state index contributed by atoms with van der Waals surface area (Å²) < 4.78 is 7.55. The maximum absolute atomic E-state index is 12.3. The Morgan fingerprint density at radius 1 is 0.818 bits per heavy atom. The van der Waals surface area contributed by atoms with Crippen LogP contribution in [0.2, 0.25) is 0 Å². The molecule has 0 radical (unpaired) electrons. The first-order chi connectivity index (χ1) is 15.8. The van der Waals surface area contributed by atoms with Crippen LogP contribution in [0.1, 0.15) is 28.1 Å². The molecule has 0 fully saturated rings. The van der Waals surface area contributed by atoms with E-state index in [9.17, 15) is 4.79 Å². The Labute approximate surface area is 192 Å². The number of aromatic nitrogens is 4. The molecule has 2 amide bonds. The standard InChI is InChI=1S/C25H26N6O2/c1-15-12-16(2)14-21(13-15)27-25(32)26-20-6-8-22(9-7-20)33-24-11-10-23(28-29-24)31-19(5)17(3)18(4)30-31/h6-14H,1-5H3,(H2,26,27,32). The fourth-order valence-corrected chi connectivity index (χ4v) is 3.49. The van der Waals surface area contributed by atoms with Gasteiger partial charge < -0.3 is 15.4 Å². The number of hydrogen-bond acceptors (Lipinski definition) is 5. The molecular weight excluding hydrogens is 416 g/mol. The first-order valence-corrected chi connectivity index (χ1v) is 10.6. The minimum absolute atomic E-state index is 0.311. The molecule has 0 spiro atoms. The maximum Gasteiger partial charge on any atom is 0.323 e. The van der Waals surface area contributed by atoms with Crippen molar-refractivity contribution >= 4 is 17.4 Å². The van der Waals surface area contributed by atoms with Gasteiger partial charge in [-0.05, 0) is 93.8 Å². The summed E-state index contributed by atoms with van der Waals surface area (Å²) in [5.74, 6) is 1.58. The number of amides is 2. The Kier molecular flexibility index (Phi) is 6.08. The molecular formula is C25H26N6O2. The molecule has 0 aliphatic rings. The molecule has 2 aromatic heterocycles. The van der Waals surface area contributed by atoms with Gasteiger partial charge in [-0.1, -0.05) is 6.07 Å². The Bertz CT molecular complexity index is 1270. The molecule has 0 aliphatic heterocycles. The zero-order chi connectivity index (χ0) is 23.5. The molecule has 2 aromatic carbocycles. The third kappa shape index (κ3) is 5.17. The van der Waals surface area contributed by atoms with Crippen LogP contribution in [0.5, 0.6) is 11.6 Å². The van der Waals surface area contributed by atoms with Gasteiger partial charge in [0.05, 0.1) is 5.69 Å². The zero-order valence-electron chi connectivity index (χ0n) is 19.3. The van der Waals surface area contributed by atoms with Crippen molar-refractivity contribution < 1.29 is 9.53 Å². The smallest absolute Gasteiger partial charge is 0.323 e. The van der Waals surface area contributed by atoms with E-state index < -0.39 is 0 Å². The van der Waals surface area contributed by atoms with Gasteiger partial charge in [0.25, 0.3) is 0 Å². The van der Waals surface area contributed by atoms with E-state index in [0.717, 1.165) is 33.8 Å². The monoisotopic (exact) mass is 442 g/mol. The van der Waals surface area contributed by atoms with E-state index in [2.05, 4.69) is 32.0 Å². The number of aryl methyl sites for hydroxylation is 3. The van der Waals surface area contributed by atoms with Crippen molar-refractivity contribution in [3.05, 3.63) is 82.7 Å². The van der Waals surface area contributed by atoms with Crippen molar-refractivity contribution in [2.24, 2.45) is 0 Å². The molecule has 168 valence electrons. The van der Waals surface area contributed by atoms with Gasteiger partial charge in [0.15, 0.2) is 5.82 Å². The van der Waals surface area contributed by atoms with Gasteiger partial charge in [0.1, 0.15) is 5.75 Å². The van der Waals surface area contributed by atoms with Gasteiger partial charge in [-0.25, -0.2) is 9.48 Å². The van der Waals surface area contributed by atoms with Gasteiger partial charge >= 0.3 is 6.03 Å². The van der Waals surface area contributed by atoms with Crippen molar-refractivity contribution in [2.75, 3.05) is 10.6 Å². The lowest BCUT2D eigenvalue weighted by atomic mass is 10.1. The van der Waals surface area contributed by atoms with E-state index >= 15 is 0 Å². The predicted molar refractivity (Wildman–Crippen MR) is 128 cm³/mol. The fourth-order valence-electron chi connectivity index (χ4n) is 3.49. The van der Waals surface area contributed by atoms with Gasteiger partial charge in [0.2, 0.25) is 5.88 Å². The maximum atomic E-state index is 12.3. The van der Waals surface area contributed by atoms with Gasteiger partial charge in [-0.3, -0.25) is 0 Å². The van der Waals surface area contributed by atoms with E-state index in [4.69, 9.17) is 4.74 Å². The molecule has 33 heavy (non-hydrogen) atoms. The number of rotatable bonds is 5. The summed E-state index contributed by atoms with van der Waals surface area (Å²) in [4.78, 5) is 12.3. The third-order valence-electron chi connectivity index (χ3n) is 5.31. The SMILES string of the molecule is Cc1cc(C)cc(NC(=O)Nc2ccc(Oc3ccc(-n4nc(C)c(C)c4C)nn3)cc2)c1. The lowest BCUT2D eigenvalue weighted by Gasteiger charge is -2.10. The molecule has 8 nitrogen and oxygen atoms in total. The third-order valence-corrected chi connectivity index (χ3v) is 5.31. The van der Waals surface area contributed by atoms with Gasteiger partial charge in [-0.2, -0.15) is 5.10 Å². The summed E-state index contributed by atoms with van der Waals surface area (Å²) in [5, 5.41) is 18.5. The molecule has 0 atom stereocenters. The quantitative estimate of drug-likeness (QED) is 0.417. The zero-order valence-corrected chi connectivity index (χ0v) is 19.3. The Hall–Kier alpha value is -4.20. The van der Waals surface area contributed by atoms with E-state index in [1.807, 2.05) is 52.8 Å². The largest absolute Gasteiger partial charge is 0.438 e. The molecule has 0 saturated carbocycles. The second-order valence-electron chi connectivity index (χ2n) is 8.02. The normalized spacial score (nSPS) is 10.7. The first-order valence-electron chi connectivity index (χ1n) is 10.6. The summed E-state index contributed by atoms with van der Waals surface area (Å²) in [6.45, 7) is 9.99. The highest BCUT2D eigenvalue weighted by Gasteiger charge is 2.11. The molecule has 0 bridgehead atoms. The van der Waals surface area contributed by atoms with Crippen molar-refractivity contribution in [3.63, 3.8) is 0 Å². The van der Waals surface area contributed by atoms with Crippen LogP contribution in [-0.4, -0.2) is 26.0 Å². The number of hydrogen-bond donors (Lipinski definition) is 2. The molecule has 2 heterocycles. The molecule has 4 aromatic rings. The summed E-state index contributed by atoms with van der Waals surface area (Å²) in [7, 11) is 0. The number of carbonyl (C=O) groups is 1. The summed E-state index contributed by atoms with van der Waals surface area (Å²) in [6, 6.07) is 16.2. The van der Waals surface area contributed by atoms with Crippen LogP contribution in [0.15, 0.2) is 54.6 Å². The molecule has 8 heteroatoms. The Balaban J connectivity index is 1.37. The van der Waals surface area contributed by atoms with Crippen LogP contribution >= 0.6 is 0 Å². The van der Waals surface area contributed by atoms with Crippen LogP contribution in [0, 0.1) is 34.6 Å². The van der Waals surface area contributed by atoms with Gasteiger partial charge in [-0.15, -0.1) is 10.2 Å². The molecule has 0 aliphatic carbocycles. The van der Waals surface area contributed by atoms with Crippen LogP contribution in [0.4, 0.5) is 16.2 Å². The minimum Gasteiger partial charge on any atom is -0.438 e. The van der Waals surface area contributed by atoms with Gasteiger partial charge in [0, 0.05) is 23.1 Å². The highest BCUT2D eigenvalue weighted by Crippen LogP contribution is 2.23. The number of anilines is 2. The van der Waals surface area contributed by atoms with Crippen molar-refractivity contribution in [1.29, 1.82) is 0 Å².